The zero-order chi connectivity index (χ0) is 13.4. The third-order valence-electron chi connectivity index (χ3n) is 2.81. The first-order valence-corrected chi connectivity index (χ1v) is 6.52. The Morgan fingerprint density at radius 3 is 2.89 bits per heavy atom. The molecule has 1 rings (SSSR count). The maximum Gasteiger partial charge on any atom is 0.221 e. The van der Waals surface area contributed by atoms with E-state index in [0.29, 0.717) is 13.0 Å². The molecule has 1 aromatic heterocycles. The Labute approximate surface area is 109 Å². The first-order chi connectivity index (χ1) is 8.61. The van der Waals surface area contributed by atoms with Crippen molar-refractivity contribution in [1.29, 1.82) is 0 Å². The minimum absolute atomic E-state index is 0.110. The molecule has 1 aromatic rings. The monoisotopic (exact) mass is 249 g/mol. The molecule has 4 heteroatoms. The van der Waals surface area contributed by atoms with E-state index in [2.05, 4.69) is 28.6 Å². The Kier molecular flexibility index (Phi) is 6.36. The van der Waals surface area contributed by atoms with Gasteiger partial charge in [0.2, 0.25) is 5.91 Å². The predicted molar refractivity (Wildman–Crippen MR) is 73.2 cm³/mol. The minimum atomic E-state index is 0.110. The second-order valence-corrected chi connectivity index (χ2v) is 4.67. The van der Waals surface area contributed by atoms with E-state index in [1.165, 1.54) is 0 Å². The lowest BCUT2D eigenvalue weighted by Crippen LogP contribution is -2.33. The van der Waals surface area contributed by atoms with Crippen LogP contribution < -0.4 is 10.6 Å². The Morgan fingerprint density at radius 2 is 2.22 bits per heavy atom. The van der Waals surface area contributed by atoms with E-state index >= 15 is 0 Å². The number of carbonyl (C=O) groups excluding carboxylic acids is 1. The molecule has 0 saturated carbocycles. The van der Waals surface area contributed by atoms with Gasteiger partial charge >= 0.3 is 0 Å². The average molecular weight is 249 g/mol. The van der Waals surface area contributed by atoms with Crippen molar-refractivity contribution < 1.29 is 4.79 Å². The molecule has 0 aromatic carbocycles. The SMILES string of the molecule is CCC(C)NC(=O)CCNCc1cncc(C)c1. The zero-order valence-corrected chi connectivity index (χ0v) is 11.5. The van der Waals surface area contributed by atoms with Gasteiger partial charge in [-0.15, -0.1) is 0 Å². The van der Waals surface area contributed by atoms with Crippen LogP contribution in [0.2, 0.25) is 0 Å². The van der Waals surface area contributed by atoms with Gasteiger partial charge in [0.1, 0.15) is 0 Å². The van der Waals surface area contributed by atoms with Crippen LogP contribution >= 0.6 is 0 Å². The lowest BCUT2D eigenvalue weighted by molar-refractivity contribution is -0.121. The van der Waals surface area contributed by atoms with E-state index in [1.54, 1.807) is 0 Å². The van der Waals surface area contributed by atoms with Gasteiger partial charge < -0.3 is 10.6 Å². The third kappa shape index (κ3) is 5.77. The third-order valence-corrected chi connectivity index (χ3v) is 2.81. The maximum atomic E-state index is 11.5. The highest BCUT2D eigenvalue weighted by atomic mass is 16.1. The second-order valence-electron chi connectivity index (χ2n) is 4.67. The van der Waals surface area contributed by atoms with Crippen LogP contribution in [0.3, 0.4) is 0 Å². The molecule has 100 valence electrons. The van der Waals surface area contributed by atoms with E-state index in [0.717, 1.165) is 24.1 Å². The summed E-state index contributed by atoms with van der Waals surface area (Å²) in [5.74, 6) is 0.110. The first-order valence-electron chi connectivity index (χ1n) is 6.52. The molecule has 1 heterocycles. The lowest BCUT2D eigenvalue weighted by atomic mass is 10.2. The molecule has 18 heavy (non-hydrogen) atoms. The Hall–Kier alpha value is -1.42. The number of carbonyl (C=O) groups is 1. The number of amides is 1. The van der Waals surface area contributed by atoms with Crippen LogP contribution in [-0.4, -0.2) is 23.5 Å². The van der Waals surface area contributed by atoms with Crippen LogP contribution in [0.25, 0.3) is 0 Å². The van der Waals surface area contributed by atoms with Gasteiger partial charge in [0.05, 0.1) is 0 Å². The number of hydrogen-bond acceptors (Lipinski definition) is 3. The molecule has 1 amide bonds. The van der Waals surface area contributed by atoms with Crippen LogP contribution in [-0.2, 0) is 11.3 Å². The highest BCUT2D eigenvalue weighted by molar-refractivity contribution is 5.76. The Balaban J connectivity index is 2.17. The van der Waals surface area contributed by atoms with Crippen molar-refractivity contribution in [3.63, 3.8) is 0 Å². The van der Waals surface area contributed by atoms with Gasteiger partial charge in [-0.1, -0.05) is 13.0 Å². The summed E-state index contributed by atoms with van der Waals surface area (Å²) in [5.41, 5.74) is 2.31. The van der Waals surface area contributed by atoms with Crippen LogP contribution in [0.15, 0.2) is 18.5 Å². The standard InChI is InChI=1S/C14H23N3O/c1-4-12(3)17-14(18)5-6-15-9-13-7-11(2)8-16-10-13/h7-8,10,12,15H,4-6,9H2,1-3H3,(H,17,18). The molecule has 0 aliphatic heterocycles. The molecular formula is C14H23N3O. The number of hydrogen-bond donors (Lipinski definition) is 2. The number of nitrogens with one attached hydrogen (secondary N) is 2. The van der Waals surface area contributed by atoms with Crippen molar-refractivity contribution in [1.82, 2.24) is 15.6 Å². The average Bonchev–Trinajstić information content (AvgIpc) is 2.34. The molecular weight excluding hydrogens is 226 g/mol. The molecule has 2 N–H and O–H groups in total. The first kappa shape index (κ1) is 14.6. The predicted octanol–water partition coefficient (Wildman–Crippen LogP) is 1.78. The van der Waals surface area contributed by atoms with Gasteiger partial charge in [-0.3, -0.25) is 9.78 Å². The number of aryl methyl sites for hydroxylation is 1. The molecule has 0 spiro atoms. The van der Waals surface area contributed by atoms with Crippen molar-refractivity contribution in [2.24, 2.45) is 0 Å². The van der Waals surface area contributed by atoms with Gasteiger partial charge in [-0.05, 0) is 31.4 Å². The summed E-state index contributed by atoms with van der Waals surface area (Å²) in [5, 5.41) is 6.20. The van der Waals surface area contributed by atoms with Crippen LogP contribution in [0.4, 0.5) is 0 Å². The fourth-order valence-electron chi connectivity index (χ4n) is 1.60. The van der Waals surface area contributed by atoms with E-state index in [-0.39, 0.29) is 11.9 Å². The normalized spacial score (nSPS) is 12.2. The maximum absolute atomic E-state index is 11.5. The van der Waals surface area contributed by atoms with Crippen molar-refractivity contribution >= 4 is 5.91 Å². The number of pyridine rings is 1. The minimum Gasteiger partial charge on any atom is -0.354 e. The largest absolute Gasteiger partial charge is 0.354 e. The van der Waals surface area contributed by atoms with Crippen molar-refractivity contribution in [2.45, 2.75) is 46.2 Å². The molecule has 0 radical (unpaired) electrons. The molecule has 0 fully saturated rings. The van der Waals surface area contributed by atoms with Crippen LogP contribution in [0.5, 0.6) is 0 Å². The summed E-state index contributed by atoms with van der Waals surface area (Å²) in [7, 11) is 0. The quantitative estimate of drug-likeness (QED) is 0.724. The molecule has 1 atom stereocenters. The number of aromatic nitrogens is 1. The Bertz CT molecular complexity index is 379. The fraction of sp³-hybridized carbons (Fsp3) is 0.571. The van der Waals surface area contributed by atoms with Gasteiger partial charge in [-0.25, -0.2) is 0 Å². The van der Waals surface area contributed by atoms with Gasteiger partial charge in [0.15, 0.2) is 0 Å². The summed E-state index contributed by atoms with van der Waals surface area (Å²) in [6, 6.07) is 2.36. The summed E-state index contributed by atoms with van der Waals surface area (Å²) >= 11 is 0. The van der Waals surface area contributed by atoms with Gasteiger partial charge in [0.25, 0.3) is 0 Å². The van der Waals surface area contributed by atoms with Crippen LogP contribution in [0.1, 0.15) is 37.8 Å². The van der Waals surface area contributed by atoms with E-state index in [4.69, 9.17) is 0 Å². The van der Waals surface area contributed by atoms with Crippen molar-refractivity contribution in [3.8, 4) is 0 Å². The second kappa shape index (κ2) is 7.82. The summed E-state index contributed by atoms with van der Waals surface area (Å²) in [4.78, 5) is 15.6. The van der Waals surface area contributed by atoms with E-state index < -0.39 is 0 Å². The molecule has 4 nitrogen and oxygen atoms in total. The Morgan fingerprint density at radius 1 is 1.44 bits per heavy atom. The highest BCUT2D eigenvalue weighted by Crippen LogP contribution is 2.00. The number of nitrogens with zero attached hydrogens (tertiary/aromatic N) is 1. The van der Waals surface area contributed by atoms with Gasteiger partial charge in [0, 0.05) is 37.9 Å². The lowest BCUT2D eigenvalue weighted by Gasteiger charge is -2.11. The van der Waals surface area contributed by atoms with Crippen LogP contribution in [0, 0.1) is 6.92 Å². The fourth-order valence-corrected chi connectivity index (χ4v) is 1.60. The molecule has 0 saturated heterocycles. The van der Waals surface area contributed by atoms with E-state index in [9.17, 15) is 4.79 Å². The van der Waals surface area contributed by atoms with Crippen molar-refractivity contribution in [3.05, 3.63) is 29.6 Å². The molecule has 0 aliphatic carbocycles. The number of rotatable bonds is 7. The smallest absolute Gasteiger partial charge is 0.221 e. The highest BCUT2D eigenvalue weighted by Gasteiger charge is 2.04. The van der Waals surface area contributed by atoms with Crippen molar-refractivity contribution in [2.75, 3.05) is 6.54 Å². The summed E-state index contributed by atoms with van der Waals surface area (Å²) < 4.78 is 0. The van der Waals surface area contributed by atoms with E-state index in [1.807, 2.05) is 26.2 Å². The zero-order valence-electron chi connectivity index (χ0n) is 11.5. The summed E-state index contributed by atoms with van der Waals surface area (Å²) in [6.07, 6.45) is 5.17. The topological polar surface area (TPSA) is 54.0 Å². The van der Waals surface area contributed by atoms with Gasteiger partial charge in [-0.2, -0.15) is 0 Å². The molecule has 0 bridgehead atoms. The summed E-state index contributed by atoms with van der Waals surface area (Å²) in [6.45, 7) is 7.55. The molecule has 1 unspecified atom stereocenters. The molecule has 0 aliphatic rings.